The Labute approximate surface area is 185 Å². The number of nitro benzene ring substituents is 1. The fourth-order valence-electron chi connectivity index (χ4n) is 3.78. The molecule has 2 aromatic carbocycles. The minimum absolute atomic E-state index is 0.104. The molecule has 0 saturated carbocycles. The van der Waals surface area contributed by atoms with Crippen molar-refractivity contribution in [2.45, 2.75) is 57.3 Å². The van der Waals surface area contributed by atoms with Crippen LogP contribution in [0.3, 0.4) is 0 Å². The Hall–Kier alpha value is -2.85. The second-order valence-corrected chi connectivity index (χ2v) is 8.20. The zero-order valence-corrected chi connectivity index (χ0v) is 17.8. The number of esters is 1. The Morgan fingerprint density at radius 3 is 2.53 bits per heavy atom. The normalized spacial score (nSPS) is 24.6. The van der Waals surface area contributed by atoms with Gasteiger partial charge < -0.3 is 23.7 Å². The number of carbonyl (C=O) groups is 1. The van der Waals surface area contributed by atoms with Gasteiger partial charge in [0.05, 0.1) is 23.7 Å². The monoisotopic (exact) mass is 443 g/mol. The van der Waals surface area contributed by atoms with E-state index in [1.165, 1.54) is 24.3 Å². The third kappa shape index (κ3) is 5.31. The van der Waals surface area contributed by atoms with E-state index < -0.39 is 35.2 Å². The van der Waals surface area contributed by atoms with E-state index in [9.17, 15) is 14.9 Å². The van der Waals surface area contributed by atoms with Gasteiger partial charge in [-0.3, -0.25) is 10.1 Å². The summed E-state index contributed by atoms with van der Waals surface area (Å²) in [7, 11) is 0. The number of nitro groups is 1. The Kier molecular flexibility index (Phi) is 6.52. The third-order valence-electron chi connectivity index (χ3n) is 5.29. The Morgan fingerprint density at radius 1 is 1.16 bits per heavy atom. The van der Waals surface area contributed by atoms with Gasteiger partial charge in [0.25, 0.3) is 5.69 Å². The highest BCUT2D eigenvalue weighted by molar-refractivity contribution is 5.89. The van der Waals surface area contributed by atoms with Crippen molar-refractivity contribution in [1.82, 2.24) is 0 Å². The molecule has 2 aliphatic rings. The maximum absolute atomic E-state index is 12.7. The van der Waals surface area contributed by atoms with E-state index >= 15 is 0 Å². The number of carbonyl (C=O) groups excluding carboxylic acids is 1. The highest BCUT2D eigenvalue weighted by atomic mass is 16.8. The maximum atomic E-state index is 12.7. The summed E-state index contributed by atoms with van der Waals surface area (Å²) >= 11 is 0. The number of hydrogen-bond donors (Lipinski definition) is 0. The lowest BCUT2D eigenvalue weighted by Gasteiger charge is -2.26. The number of fused-ring (bicyclic) bond motifs is 1. The van der Waals surface area contributed by atoms with Crippen LogP contribution in [0.2, 0.25) is 0 Å². The first kappa shape index (κ1) is 22.3. The first-order valence-corrected chi connectivity index (χ1v) is 10.4. The fraction of sp³-hybridized carbons (Fsp3) is 0.435. The lowest BCUT2D eigenvalue weighted by molar-refractivity contribution is -0.384. The summed E-state index contributed by atoms with van der Waals surface area (Å²) in [5.41, 5.74) is 1.09. The molecule has 0 aliphatic carbocycles. The van der Waals surface area contributed by atoms with Crippen LogP contribution in [0.1, 0.15) is 36.2 Å². The highest BCUT2D eigenvalue weighted by Crippen LogP contribution is 2.38. The minimum Gasteiger partial charge on any atom is -0.454 e. The van der Waals surface area contributed by atoms with Gasteiger partial charge in [-0.15, -0.1) is 0 Å². The van der Waals surface area contributed by atoms with Crippen LogP contribution in [0.15, 0.2) is 54.6 Å². The van der Waals surface area contributed by atoms with E-state index in [1.807, 2.05) is 44.2 Å². The number of rotatable bonds is 8. The topological polar surface area (TPSA) is 106 Å². The van der Waals surface area contributed by atoms with Gasteiger partial charge in [0.15, 0.2) is 18.2 Å². The number of ether oxygens (including phenoxy) is 5. The van der Waals surface area contributed by atoms with E-state index in [0.717, 1.165) is 5.56 Å². The highest BCUT2D eigenvalue weighted by Gasteiger charge is 2.51. The quantitative estimate of drug-likeness (QED) is 0.346. The molecule has 2 aliphatic heterocycles. The van der Waals surface area contributed by atoms with Crippen LogP contribution in [0.4, 0.5) is 5.69 Å². The number of non-ortho nitro benzene ring substituents is 1. The molecule has 32 heavy (non-hydrogen) atoms. The van der Waals surface area contributed by atoms with E-state index in [4.69, 9.17) is 23.7 Å². The summed E-state index contributed by atoms with van der Waals surface area (Å²) in [6.07, 6.45) is -1.49. The fourth-order valence-corrected chi connectivity index (χ4v) is 3.78. The van der Waals surface area contributed by atoms with Crippen LogP contribution in [-0.4, -0.2) is 47.9 Å². The van der Waals surface area contributed by atoms with E-state index in [-0.39, 0.29) is 24.0 Å². The third-order valence-corrected chi connectivity index (χ3v) is 5.29. The molecule has 170 valence electrons. The van der Waals surface area contributed by atoms with Gasteiger partial charge in [0.1, 0.15) is 12.2 Å². The summed E-state index contributed by atoms with van der Waals surface area (Å²) in [6, 6.07) is 14.9. The number of hydrogen-bond acceptors (Lipinski definition) is 8. The van der Waals surface area contributed by atoms with Crippen molar-refractivity contribution in [1.29, 1.82) is 0 Å². The molecule has 0 spiro atoms. The van der Waals surface area contributed by atoms with Gasteiger partial charge in [-0.2, -0.15) is 0 Å². The van der Waals surface area contributed by atoms with Crippen molar-refractivity contribution in [2.75, 3.05) is 6.61 Å². The van der Waals surface area contributed by atoms with Crippen molar-refractivity contribution in [3.05, 3.63) is 75.8 Å². The molecule has 0 radical (unpaired) electrons. The molecule has 0 aromatic heterocycles. The molecule has 9 heteroatoms. The van der Waals surface area contributed by atoms with Gasteiger partial charge in [-0.05, 0) is 31.5 Å². The lowest BCUT2D eigenvalue weighted by Crippen LogP contribution is -2.37. The van der Waals surface area contributed by atoms with Gasteiger partial charge in [0.2, 0.25) is 0 Å². The average molecular weight is 443 g/mol. The number of nitrogens with zero attached hydrogens (tertiary/aromatic N) is 1. The Morgan fingerprint density at radius 2 is 1.88 bits per heavy atom. The van der Waals surface area contributed by atoms with Crippen molar-refractivity contribution in [2.24, 2.45) is 0 Å². The summed E-state index contributed by atoms with van der Waals surface area (Å²) in [4.78, 5) is 23.0. The first-order valence-electron chi connectivity index (χ1n) is 10.4. The van der Waals surface area contributed by atoms with Crippen molar-refractivity contribution in [3.8, 4) is 0 Å². The summed E-state index contributed by atoms with van der Waals surface area (Å²) in [5, 5.41) is 10.8. The van der Waals surface area contributed by atoms with Crippen LogP contribution in [0, 0.1) is 10.1 Å². The summed E-state index contributed by atoms with van der Waals surface area (Å²) in [5.74, 6) is -1.34. The average Bonchev–Trinajstić information content (AvgIpc) is 3.27. The smallest absolute Gasteiger partial charge is 0.338 e. The Balaban J connectivity index is 1.42. The molecule has 0 amide bonds. The summed E-state index contributed by atoms with van der Waals surface area (Å²) in [6.45, 7) is 4.10. The molecule has 0 N–H and O–H groups in total. The van der Waals surface area contributed by atoms with E-state index in [2.05, 4.69) is 0 Å². The maximum Gasteiger partial charge on any atom is 0.338 e. The second-order valence-electron chi connectivity index (χ2n) is 8.20. The molecule has 9 nitrogen and oxygen atoms in total. The molecule has 2 saturated heterocycles. The van der Waals surface area contributed by atoms with Crippen molar-refractivity contribution >= 4 is 11.7 Å². The standard InChI is InChI=1S/C23H25NO8/c1-23(2)31-19-12-18(30-22(19)32-23)20(14-28-13-15-6-4-3-5-7-15)29-21(25)16-8-10-17(11-9-16)24(26)27/h3-11,18-20,22H,12-14H2,1-2H3/t18-,19+,20-,22+/m0/s1. The lowest BCUT2D eigenvalue weighted by atomic mass is 10.1. The molecule has 2 fully saturated rings. The van der Waals surface area contributed by atoms with Crippen LogP contribution in [-0.2, 0) is 30.3 Å². The van der Waals surface area contributed by atoms with Crippen LogP contribution >= 0.6 is 0 Å². The predicted octanol–water partition coefficient (Wildman–Crippen LogP) is 3.60. The molecule has 0 bridgehead atoms. The van der Waals surface area contributed by atoms with Crippen molar-refractivity contribution < 1.29 is 33.4 Å². The molecular weight excluding hydrogens is 418 g/mol. The summed E-state index contributed by atoms with van der Waals surface area (Å²) < 4.78 is 29.1. The van der Waals surface area contributed by atoms with Gasteiger partial charge in [-0.1, -0.05) is 30.3 Å². The second kappa shape index (κ2) is 9.33. The largest absolute Gasteiger partial charge is 0.454 e. The molecule has 4 atom stereocenters. The number of benzene rings is 2. The molecule has 0 unspecified atom stereocenters. The van der Waals surface area contributed by atoms with E-state index in [0.29, 0.717) is 13.0 Å². The minimum atomic E-state index is -0.727. The van der Waals surface area contributed by atoms with E-state index in [1.54, 1.807) is 0 Å². The zero-order valence-electron chi connectivity index (χ0n) is 17.8. The van der Waals surface area contributed by atoms with Crippen LogP contribution < -0.4 is 0 Å². The van der Waals surface area contributed by atoms with Gasteiger partial charge in [-0.25, -0.2) is 4.79 Å². The molecule has 4 rings (SSSR count). The van der Waals surface area contributed by atoms with Gasteiger partial charge in [0, 0.05) is 18.6 Å². The van der Waals surface area contributed by atoms with Crippen LogP contribution in [0.5, 0.6) is 0 Å². The zero-order chi connectivity index (χ0) is 22.7. The molecular formula is C23H25NO8. The van der Waals surface area contributed by atoms with Gasteiger partial charge >= 0.3 is 5.97 Å². The first-order chi connectivity index (χ1) is 15.3. The molecule has 2 aromatic rings. The van der Waals surface area contributed by atoms with Crippen LogP contribution in [0.25, 0.3) is 0 Å². The van der Waals surface area contributed by atoms with Crippen molar-refractivity contribution in [3.63, 3.8) is 0 Å². The SMILES string of the molecule is CC1(C)O[C@H]2O[C@H]([C@H](COCc3ccccc3)OC(=O)c3ccc([N+](=O)[O-])cc3)C[C@H]2O1. The molecule has 2 heterocycles. The predicted molar refractivity (Wildman–Crippen MR) is 112 cm³/mol. The Bertz CT molecular complexity index is 930.